The van der Waals surface area contributed by atoms with Crippen LogP contribution in [0.15, 0.2) is 0 Å². The van der Waals surface area contributed by atoms with Crippen LogP contribution in [0.5, 0.6) is 0 Å². The number of hydrogen-bond donors (Lipinski definition) is 0. The molecular formula is C15H16F5NO4. The number of aromatic nitrogens is 1. The van der Waals surface area contributed by atoms with Gasteiger partial charge in [-0.1, -0.05) is 13.8 Å². The lowest BCUT2D eigenvalue weighted by molar-refractivity contribution is -0.142. The molecule has 25 heavy (non-hydrogen) atoms. The van der Waals surface area contributed by atoms with Gasteiger partial charge < -0.3 is 9.47 Å². The standard InChI is InChI=1S/C15H16F5NO4/c1-5-6(2)7-8(13(22)24-3)10(12(16)17)21-11(15(18,19)20)9(7)14(23)25-4/h6,12H,5H2,1-4H3. The molecule has 0 N–H and O–H groups in total. The molecule has 140 valence electrons. The van der Waals surface area contributed by atoms with Crippen molar-refractivity contribution in [2.24, 2.45) is 0 Å². The molecule has 0 fully saturated rings. The fourth-order valence-corrected chi connectivity index (χ4v) is 2.31. The summed E-state index contributed by atoms with van der Waals surface area (Å²) < 4.78 is 75.3. The molecule has 1 aromatic heterocycles. The Labute approximate surface area is 140 Å². The first-order chi connectivity index (χ1) is 11.5. The van der Waals surface area contributed by atoms with E-state index in [1.807, 2.05) is 0 Å². The minimum Gasteiger partial charge on any atom is -0.465 e. The number of ether oxygens (including phenoxy) is 2. The normalized spacial score (nSPS) is 12.9. The van der Waals surface area contributed by atoms with Crippen LogP contribution in [0.1, 0.15) is 70.3 Å². The van der Waals surface area contributed by atoms with E-state index in [0.717, 1.165) is 14.2 Å². The third-order valence-electron chi connectivity index (χ3n) is 3.62. The Bertz CT molecular complexity index is 673. The fraction of sp³-hybridized carbons (Fsp3) is 0.533. The van der Waals surface area contributed by atoms with E-state index >= 15 is 0 Å². The molecule has 5 nitrogen and oxygen atoms in total. The Balaban J connectivity index is 4.13. The van der Waals surface area contributed by atoms with Gasteiger partial charge in [-0.25, -0.2) is 23.4 Å². The largest absolute Gasteiger partial charge is 0.465 e. The quantitative estimate of drug-likeness (QED) is 0.577. The van der Waals surface area contributed by atoms with Crippen molar-refractivity contribution >= 4 is 11.9 Å². The summed E-state index contributed by atoms with van der Waals surface area (Å²) in [6.45, 7) is 2.95. The molecule has 1 atom stereocenters. The van der Waals surface area contributed by atoms with Gasteiger partial charge >= 0.3 is 18.1 Å². The predicted octanol–water partition coefficient (Wildman–Crippen LogP) is 4.12. The highest BCUT2D eigenvalue weighted by molar-refractivity contribution is 6.00. The van der Waals surface area contributed by atoms with Crippen LogP contribution in [0.4, 0.5) is 22.0 Å². The van der Waals surface area contributed by atoms with Gasteiger partial charge in [-0.05, 0) is 17.9 Å². The minimum absolute atomic E-state index is 0.165. The van der Waals surface area contributed by atoms with Crippen LogP contribution >= 0.6 is 0 Å². The van der Waals surface area contributed by atoms with Crippen molar-refractivity contribution in [2.75, 3.05) is 14.2 Å². The van der Waals surface area contributed by atoms with Gasteiger partial charge in [-0.2, -0.15) is 13.2 Å². The Morgan fingerprint density at radius 3 is 1.92 bits per heavy atom. The van der Waals surface area contributed by atoms with Crippen LogP contribution in [0.2, 0.25) is 0 Å². The number of halogens is 5. The van der Waals surface area contributed by atoms with Gasteiger partial charge in [0.15, 0.2) is 5.69 Å². The highest BCUT2D eigenvalue weighted by Crippen LogP contribution is 2.40. The fourth-order valence-electron chi connectivity index (χ4n) is 2.31. The van der Waals surface area contributed by atoms with E-state index in [-0.39, 0.29) is 6.42 Å². The van der Waals surface area contributed by atoms with E-state index in [9.17, 15) is 31.5 Å². The zero-order chi connectivity index (χ0) is 19.5. The van der Waals surface area contributed by atoms with E-state index in [0.29, 0.717) is 0 Å². The molecule has 0 bridgehead atoms. The van der Waals surface area contributed by atoms with E-state index in [1.165, 1.54) is 6.92 Å². The van der Waals surface area contributed by atoms with Crippen molar-refractivity contribution in [3.05, 3.63) is 28.1 Å². The van der Waals surface area contributed by atoms with Crippen molar-refractivity contribution in [3.8, 4) is 0 Å². The molecule has 0 aliphatic carbocycles. The molecule has 1 rings (SSSR count). The van der Waals surface area contributed by atoms with Crippen LogP contribution in [0, 0.1) is 0 Å². The summed E-state index contributed by atoms with van der Waals surface area (Å²) in [7, 11) is 1.72. The second kappa shape index (κ2) is 7.75. The van der Waals surface area contributed by atoms with Crippen molar-refractivity contribution in [2.45, 2.75) is 38.8 Å². The summed E-state index contributed by atoms with van der Waals surface area (Å²) in [6.07, 6.45) is -8.52. The maximum absolute atomic E-state index is 13.3. The average Bonchev–Trinajstić information content (AvgIpc) is 2.56. The zero-order valence-corrected chi connectivity index (χ0v) is 13.8. The summed E-state index contributed by atoms with van der Waals surface area (Å²) in [4.78, 5) is 26.8. The van der Waals surface area contributed by atoms with Gasteiger partial charge in [-0.15, -0.1) is 0 Å². The number of nitrogens with zero attached hydrogens (tertiary/aromatic N) is 1. The summed E-state index contributed by atoms with van der Waals surface area (Å²) in [5.74, 6) is -3.58. The number of alkyl halides is 5. The Morgan fingerprint density at radius 1 is 1.08 bits per heavy atom. The van der Waals surface area contributed by atoms with Crippen LogP contribution in [0.25, 0.3) is 0 Å². The number of hydrogen-bond acceptors (Lipinski definition) is 5. The lowest BCUT2D eigenvalue weighted by Crippen LogP contribution is -2.25. The number of carbonyl (C=O) groups is 2. The minimum atomic E-state index is -5.20. The van der Waals surface area contributed by atoms with Gasteiger partial charge in [0.1, 0.15) is 5.69 Å². The van der Waals surface area contributed by atoms with E-state index < -0.39 is 58.5 Å². The third-order valence-corrected chi connectivity index (χ3v) is 3.62. The van der Waals surface area contributed by atoms with Crippen molar-refractivity contribution in [3.63, 3.8) is 0 Å². The second-order valence-corrected chi connectivity index (χ2v) is 5.10. The van der Waals surface area contributed by atoms with E-state index in [1.54, 1.807) is 6.92 Å². The van der Waals surface area contributed by atoms with Crippen LogP contribution < -0.4 is 0 Å². The SMILES string of the molecule is CCC(C)c1c(C(=O)OC)c(C(F)F)nc(C(F)(F)F)c1C(=O)OC. The van der Waals surface area contributed by atoms with Crippen LogP contribution in [0.3, 0.4) is 0 Å². The number of methoxy groups -OCH3 is 2. The molecule has 0 amide bonds. The molecular weight excluding hydrogens is 353 g/mol. The molecule has 1 unspecified atom stereocenters. The third kappa shape index (κ3) is 4.05. The predicted molar refractivity (Wildman–Crippen MR) is 75.6 cm³/mol. The molecule has 0 spiro atoms. The smallest absolute Gasteiger partial charge is 0.434 e. The van der Waals surface area contributed by atoms with Gasteiger partial charge in [-0.3, -0.25) is 0 Å². The van der Waals surface area contributed by atoms with Crippen molar-refractivity contribution < 1.29 is 41.0 Å². The van der Waals surface area contributed by atoms with Gasteiger partial charge in [0.2, 0.25) is 0 Å². The summed E-state index contributed by atoms with van der Waals surface area (Å²) in [5.41, 5.74) is -5.63. The maximum Gasteiger partial charge on any atom is 0.434 e. The van der Waals surface area contributed by atoms with Gasteiger partial charge in [0.05, 0.1) is 25.3 Å². The number of carbonyl (C=O) groups excluding carboxylic acids is 2. The van der Waals surface area contributed by atoms with E-state index in [4.69, 9.17) is 0 Å². The highest BCUT2D eigenvalue weighted by Gasteiger charge is 2.43. The molecule has 0 saturated heterocycles. The summed E-state index contributed by atoms with van der Waals surface area (Å²) in [5, 5.41) is 0. The molecule has 1 heterocycles. The lowest BCUT2D eigenvalue weighted by Gasteiger charge is -2.23. The molecule has 0 saturated carbocycles. The topological polar surface area (TPSA) is 65.5 Å². The number of rotatable bonds is 5. The second-order valence-electron chi connectivity index (χ2n) is 5.10. The monoisotopic (exact) mass is 369 g/mol. The van der Waals surface area contributed by atoms with Crippen LogP contribution in [-0.4, -0.2) is 31.1 Å². The zero-order valence-electron chi connectivity index (χ0n) is 13.8. The first-order valence-electron chi connectivity index (χ1n) is 7.10. The number of pyridine rings is 1. The molecule has 10 heteroatoms. The summed E-state index contributed by atoms with van der Waals surface area (Å²) >= 11 is 0. The Morgan fingerprint density at radius 2 is 1.56 bits per heavy atom. The van der Waals surface area contributed by atoms with Crippen molar-refractivity contribution in [1.82, 2.24) is 4.98 Å². The lowest BCUT2D eigenvalue weighted by atomic mass is 9.87. The Kier molecular flexibility index (Phi) is 6.44. The van der Waals surface area contributed by atoms with E-state index in [2.05, 4.69) is 14.5 Å². The molecule has 0 aliphatic rings. The van der Waals surface area contributed by atoms with Crippen LogP contribution in [-0.2, 0) is 15.7 Å². The summed E-state index contributed by atoms with van der Waals surface area (Å²) in [6, 6.07) is 0. The first-order valence-corrected chi connectivity index (χ1v) is 7.10. The maximum atomic E-state index is 13.3. The molecule has 0 aromatic carbocycles. The average molecular weight is 369 g/mol. The molecule has 0 radical (unpaired) electrons. The van der Waals surface area contributed by atoms with Gasteiger partial charge in [0.25, 0.3) is 6.43 Å². The molecule has 1 aromatic rings. The molecule has 0 aliphatic heterocycles. The van der Waals surface area contributed by atoms with Crippen molar-refractivity contribution in [1.29, 1.82) is 0 Å². The Hall–Kier alpha value is -2.26. The highest BCUT2D eigenvalue weighted by atomic mass is 19.4. The number of esters is 2. The van der Waals surface area contributed by atoms with Gasteiger partial charge in [0, 0.05) is 0 Å². The first kappa shape index (κ1) is 20.8.